The van der Waals surface area contributed by atoms with Crippen molar-refractivity contribution < 1.29 is 23.8 Å². The third-order valence-electron chi connectivity index (χ3n) is 7.21. The number of carboxylic acid groups (broad SMARTS) is 1. The average molecular weight is 624 g/mol. The van der Waals surface area contributed by atoms with E-state index in [1.807, 2.05) is 49.4 Å². The number of benzene rings is 2. The summed E-state index contributed by atoms with van der Waals surface area (Å²) < 4.78 is 12.7. The fourth-order valence-electron chi connectivity index (χ4n) is 5.02. The number of aromatic nitrogens is 4. The van der Waals surface area contributed by atoms with E-state index in [2.05, 4.69) is 41.9 Å². The number of nitrogens with one attached hydrogen (secondary N) is 2. The minimum absolute atomic E-state index is 0.0111. The molecule has 2 aromatic carbocycles. The quantitative estimate of drug-likeness (QED) is 0.216. The standard InChI is InChI=1S/C29H31BrN6O5/c1-6-29(15-40-27(39)28(3,4)5)31-16(2)23(26(37)38)36(29)14-17-11-12-21-20(13-17)22(30)24(41-21)18-9-7-8-10-19(18)25-32-34-35-33-25/h7-13,31H,6,14-15H2,1-5H3,(H,37,38)(H,32,33,34,35). The molecule has 41 heavy (non-hydrogen) atoms. The summed E-state index contributed by atoms with van der Waals surface area (Å²) >= 11 is 3.73. The van der Waals surface area contributed by atoms with Gasteiger partial charge >= 0.3 is 11.9 Å². The van der Waals surface area contributed by atoms with Crippen molar-refractivity contribution in [2.45, 2.75) is 53.2 Å². The number of nitrogens with zero attached hydrogens (tertiary/aromatic N) is 4. The van der Waals surface area contributed by atoms with Crippen LogP contribution < -0.4 is 5.32 Å². The van der Waals surface area contributed by atoms with Gasteiger partial charge in [-0.15, -0.1) is 5.10 Å². The number of esters is 1. The second kappa shape index (κ2) is 10.7. The Morgan fingerprint density at radius 3 is 2.54 bits per heavy atom. The van der Waals surface area contributed by atoms with Crippen molar-refractivity contribution in [1.29, 1.82) is 0 Å². The normalized spacial score (nSPS) is 17.3. The van der Waals surface area contributed by atoms with E-state index in [-0.39, 0.29) is 24.8 Å². The number of carbonyl (C=O) groups is 2. The summed E-state index contributed by atoms with van der Waals surface area (Å²) in [6.45, 7) is 9.27. The summed E-state index contributed by atoms with van der Waals surface area (Å²) in [6.07, 6.45) is 0.494. The second-order valence-corrected chi connectivity index (χ2v) is 11.9. The lowest BCUT2D eigenvalue weighted by Gasteiger charge is -2.40. The van der Waals surface area contributed by atoms with Gasteiger partial charge in [0.15, 0.2) is 5.82 Å². The number of tetrazole rings is 1. The molecule has 12 heteroatoms. The lowest BCUT2D eigenvalue weighted by molar-refractivity contribution is -0.158. The van der Waals surface area contributed by atoms with Crippen LogP contribution in [0.1, 0.15) is 46.6 Å². The van der Waals surface area contributed by atoms with Gasteiger partial charge in [0.25, 0.3) is 0 Å². The molecule has 0 fully saturated rings. The molecule has 0 aliphatic carbocycles. The van der Waals surface area contributed by atoms with Crippen LogP contribution in [0.4, 0.5) is 0 Å². The van der Waals surface area contributed by atoms with Gasteiger partial charge in [0, 0.05) is 28.8 Å². The molecule has 214 valence electrons. The van der Waals surface area contributed by atoms with Gasteiger partial charge in [0.2, 0.25) is 0 Å². The maximum atomic E-state index is 12.6. The minimum atomic E-state index is -1.06. The number of furan rings is 1. The molecule has 0 radical (unpaired) electrons. The van der Waals surface area contributed by atoms with E-state index in [1.165, 1.54) is 0 Å². The highest BCUT2D eigenvalue weighted by atomic mass is 79.9. The highest BCUT2D eigenvalue weighted by Crippen LogP contribution is 2.42. The van der Waals surface area contributed by atoms with E-state index in [1.54, 1.807) is 32.6 Å². The first-order valence-corrected chi connectivity index (χ1v) is 14.0. The van der Waals surface area contributed by atoms with E-state index >= 15 is 0 Å². The van der Waals surface area contributed by atoms with Crippen molar-refractivity contribution in [3.8, 4) is 22.7 Å². The molecule has 0 saturated carbocycles. The molecule has 1 atom stereocenters. The van der Waals surface area contributed by atoms with Crippen LogP contribution in [0.2, 0.25) is 0 Å². The number of hydrogen-bond acceptors (Lipinski definition) is 9. The van der Waals surface area contributed by atoms with Crippen LogP contribution in [-0.2, 0) is 20.9 Å². The molecule has 0 saturated heterocycles. The molecule has 5 rings (SSSR count). The summed E-state index contributed by atoms with van der Waals surface area (Å²) in [5.41, 5.74) is 2.14. The van der Waals surface area contributed by atoms with Crippen molar-refractivity contribution in [1.82, 2.24) is 30.8 Å². The first kappa shape index (κ1) is 28.3. The van der Waals surface area contributed by atoms with Crippen LogP contribution >= 0.6 is 15.9 Å². The second-order valence-electron chi connectivity index (χ2n) is 11.1. The zero-order valence-electron chi connectivity index (χ0n) is 23.4. The first-order valence-electron chi connectivity index (χ1n) is 13.2. The molecule has 0 bridgehead atoms. The molecule has 1 unspecified atom stereocenters. The maximum absolute atomic E-state index is 12.6. The van der Waals surface area contributed by atoms with Crippen LogP contribution in [0.25, 0.3) is 33.7 Å². The van der Waals surface area contributed by atoms with Gasteiger partial charge < -0.3 is 24.5 Å². The van der Waals surface area contributed by atoms with E-state index in [9.17, 15) is 14.7 Å². The Hall–Kier alpha value is -4.19. The van der Waals surface area contributed by atoms with Gasteiger partial charge in [0.1, 0.15) is 29.3 Å². The highest BCUT2D eigenvalue weighted by molar-refractivity contribution is 9.10. The first-order chi connectivity index (χ1) is 19.4. The number of H-pyrrole nitrogens is 1. The number of carbonyl (C=O) groups excluding carboxylic acids is 1. The molecule has 3 N–H and O–H groups in total. The van der Waals surface area contributed by atoms with Gasteiger partial charge in [-0.1, -0.05) is 37.3 Å². The molecule has 4 aromatic rings. The van der Waals surface area contributed by atoms with Crippen LogP contribution in [0.5, 0.6) is 0 Å². The monoisotopic (exact) mass is 622 g/mol. The van der Waals surface area contributed by atoms with Gasteiger partial charge in [0.05, 0.1) is 9.89 Å². The van der Waals surface area contributed by atoms with E-state index < -0.39 is 17.0 Å². The number of hydrogen-bond donors (Lipinski definition) is 3. The number of aliphatic carboxylic acids is 1. The zero-order chi connectivity index (χ0) is 29.5. The molecule has 1 aliphatic rings. The number of fused-ring (bicyclic) bond motifs is 1. The van der Waals surface area contributed by atoms with Crippen LogP contribution in [0, 0.1) is 5.41 Å². The van der Waals surface area contributed by atoms with Crippen molar-refractivity contribution in [2.75, 3.05) is 6.61 Å². The van der Waals surface area contributed by atoms with Gasteiger partial charge in [-0.05, 0) is 78.2 Å². The fourth-order valence-corrected chi connectivity index (χ4v) is 5.63. The van der Waals surface area contributed by atoms with Gasteiger partial charge in [-0.2, -0.15) is 0 Å². The third kappa shape index (κ3) is 5.19. The van der Waals surface area contributed by atoms with E-state index in [0.29, 0.717) is 29.3 Å². The Morgan fingerprint density at radius 2 is 1.90 bits per heavy atom. The van der Waals surface area contributed by atoms with Crippen molar-refractivity contribution >= 4 is 38.8 Å². The van der Waals surface area contributed by atoms with Crippen molar-refractivity contribution in [3.05, 3.63) is 63.9 Å². The number of halogens is 1. The van der Waals surface area contributed by atoms with Gasteiger partial charge in [-0.25, -0.2) is 9.89 Å². The smallest absolute Gasteiger partial charge is 0.354 e. The molecule has 0 spiro atoms. The summed E-state index contributed by atoms with van der Waals surface area (Å²) in [5, 5.41) is 28.5. The Labute approximate surface area is 245 Å². The number of aromatic amines is 1. The van der Waals surface area contributed by atoms with Crippen LogP contribution in [-0.4, -0.2) is 54.8 Å². The Morgan fingerprint density at radius 1 is 1.17 bits per heavy atom. The summed E-state index contributed by atoms with van der Waals surface area (Å²) in [7, 11) is 0. The number of rotatable bonds is 8. The Kier molecular flexibility index (Phi) is 7.37. The lowest BCUT2D eigenvalue weighted by atomic mass is 9.97. The number of ether oxygens (including phenoxy) is 1. The van der Waals surface area contributed by atoms with Crippen molar-refractivity contribution in [3.63, 3.8) is 0 Å². The van der Waals surface area contributed by atoms with Gasteiger partial charge in [-0.3, -0.25) is 4.79 Å². The van der Waals surface area contributed by atoms with Crippen LogP contribution in [0.3, 0.4) is 0 Å². The Balaban J connectivity index is 1.51. The molecular formula is C29H31BrN6O5. The third-order valence-corrected chi connectivity index (χ3v) is 8.00. The highest BCUT2D eigenvalue weighted by Gasteiger charge is 2.46. The molecule has 3 heterocycles. The largest absolute Gasteiger partial charge is 0.477 e. The number of carboxylic acids is 1. The topological polar surface area (TPSA) is 146 Å². The predicted octanol–water partition coefficient (Wildman–Crippen LogP) is 5.46. The van der Waals surface area contributed by atoms with Crippen molar-refractivity contribution in [2.24, 2.45) is 5.41 Å². The molecule has 2 aromatic heterocycles. The SMILES string of the molecule is CCC1(COC(=O)C(C)(C)C)NC(C)=C(C(=O)O)N1Cc1ccc2oc(-c3ccccc3-c3nnn[nH]3)c(Br)c2c1. The maximum Gasteiger partial charge on any atom is 0.354 e. The van der Waals surface area contributed by atoms with E-state index in [0.717, 1.165) is 26.5 Å². The lowest BCUT2D eigenvalue weighted by Crippen LogP contribution is -2.56. The zero-order valence-corrected chi connectivity index (χ0v) is 25.0. The molecular weight excluding hydrogens is 592 g/mol. The summed E-state index contributed by atoms with van der Waals surface area (Å²) in [6, 6.07) is 13.4. The summed E-state index contributed by atoms with van der Waals surface area (Å²) in [4.78, 5) is 26.8. The van der Waals surface area contributed by atoms with E-state index in [4.69, 9.17) is 9.15 Å². The Bertz CT molecular complexity index is 1660. The predicted molar refractivity (Wildman–Crippen MR) is 155 cm³/mol. The molecule has 1 aliphatic heterocycles. The molecule has 11 nitrogen and oxygen atoms in total. The number of allylic oxidation sites excluding steroid dienone is 1. The van der Waals surface area contributed by atoms with Crippen LogP contribution in [0.15, 0.2) is 62.7 Å². The minimum Gasteiger partial charge on any atom is -0.477 e. The molecule has 0 amide bonds. The summed E-state index contributed by atoms with van der Waals surface area (Å²) in [5.74, 6) is -0.280. The fraction of sp³-hybridized carbons (Fsp3) is 0.345. The average Bonchev–Trinajstić information content (AvgIpc) is 3.64.